The number of carboxylic acids is 1. The zero-order chi connectivity index (χ0) is 11.0. The van der Waals surface area contributed by atoms with Gasteiger partial charge in [0.05, 0.1) is 5.56 Å². The fourth-order valence-electron chi connectivity index (χ4n) is 1.71. The third-order valence-corrected chi connectivity index (χ3v) is 2.51. The van der Waals surface area contributed by atoms with E-state index >= 15 is 0 Å². The normalized spacial score (nSPS) is 10.5. The van der Waals surface area contributed by atoms with Gasteiger partial charge in [-0.25, -0.2) is 4.79 Å². The molecule has 0 heterocycles. The topological polar surface area (TPSA) is 60.4 Å². The second kappa shape index (κ2) is 3.28. The summed E-state index contributed by atoms with van der Waals surface area (Å²) in [7, 11) is 0. The van der Waals surface area contributed by atoms with Gasteiger partial charge in [0, 0.05) is 0 Å². The molecule has 0 aromatic heterocycles. The lowest BCUT2D eigenvalue weighted by molar-refractivity contribution is -0.265. The van der Waals surface area contributed by atoms with E-state index in [-0.39, 0.29) is 11.3 Å². The van der Waals surface area contributed by atoms with Crippen LogP contribution in [0.4, 0.5) is 0 Å². The van der Waals surface area contributed by atoms with Crippen LogP contribution in [0.5, 0.6) is 5.75 Å². The highest BCUT2D eigenvalue weighted by molar-refractivity contribution is 6.00. The molecule has 0 saturated heterocycles. The molecule has 2 aromatic rings. The molecule has 2 rings (SSSR count). The molecule has 0 aliphatic heterocycles. The molecule has 0 amide bonds. The predicted molar refractivity (Wildman–Crippen MR) is 55.1 cm³/mol. The summed E-state index contributed by atoms with van der Waals surface area (Å²) in [6.45, 7) is 1.71. The lowest BCUT2D eigenvalue weighted by Gasteiger charge is -2.14. The summed E-state index contributed by atoms with van der Waals surface area (Å²) < 4.78 is 0. The molecule has 0 atom stereocenters. The van der Waals surface area contributed by atoms with Crippen LogP contribution in [-0.4, -0.2) is 11.1 Å². The molecule has 0 saturated carbocycles. The van der Waals surface area contributed by atoms with Crippen LogP contribution < -0.4 is 5.11 Å². The first-order valence-electron chi connectivity index (χ1n) is 4.54. The average molecular weight is 201 g/mol. The molecule has 0 unspecified atom stereocenters. The summed E-state index contributed by atoms with van der Waals surface area (Å²) in [5.41, 5.74) is 0.719. The number of carboxylic acid groups (broad SMARTS) is 1. The molecule has 0 radical (unpaired) electrons. The number of aromatic carboxylic acids is 1. The van der Waals surface area contributed by atoms with Gasteiger partial charge in [-0.1, -0.05) is 30.3 Å². The molecule has 0 aliphatic rings. The van der Waals surface area contributed by atoms with Crippen LogP contribution in [0.25, 0.3) is 10.8 Å². The third kappa shape index (κ3) is 1.42. The Balaban J connectivity index is 2.90. The van der Waals surface area contributed by atoms with Gasteiger partial charge >= 0.3 is 5.97 Å². The molecule has 0 spiro atoms. The quantitative estimate of drug-likeness (QED) is 0.766. The van der Waals surface area contributed by atoms with E-state index in [4.69, 9.17) is 5.11 Å². The number of benzene rings is 2. The van der Waals surface area contributed by atoms with Crippen molar-refractivity contribution in [3.05, 3.63) is 41.5 Å². The summed E-state index contributed by atoms with van der Waals surface area (Å²) in [5.74, 6) is -1.30. The van der Waals surface area contributed by atoms with Crippen LogP contribution in [-0.2, 0) is 0 Å². The summed E-state index contributed by atoms with van der Waals surface area (Å²) in [4.78, 5) is 10.9. The molecule has 0 aliphatic carbocycles. The maximum absolute atomic E-state index is 11.6. The van der Waals surface area contributed by atoms with Crippen LogP contribution >= 0.6 is 0 Å². The van der Waals surface area contributed by atoms with Gasteiger partial charge in [0.1, 0.15) is 0 Å². The first kappa shape index (κ1) is 9.52. The van der Waals surface area contributed by atoms with E-state index in [9.17, 15) is 9.90 Å². The summed E-state index contributed by atoms with van der Waals surface area (Å²) in [6, 6.07) is 8.21. The van der Waals surface area contributed by atoms with Gasteiger partial charge in [0.25, 0.3) is 0 Å². The van der Waals surface area contributed by atoms with Crippen LogP contribution in [0, 0.1) is 6.92 Å². The van der Waals surface area contributed by atoms with Crippen molar-refractivity contribution in [3.63, 3.8) is 0 Å². The van der Waals surface area contributed by atoms with Gasteiger partial charge in [-0.15, -0.1) is 5.75 Å². The van der Waals surface area contributed by atoms with E-state index in [0.717, 1.165) is 0 Å². The van der Waals surface area contributed by atoms with Crippen molar-refractivity contribution >= 4 is 16.7 Å². The first-order chi connectivity index (χ1) is 7.11. The van der Waals surface area contributed by atoms with Crippen molar-refractivity contribution in [1.82, 2.24) is 0 Å². The Bertz CT molecular complexity index is 544. The number of hydrogen-bond donors (Lipinski definition) is 1. The van der Waals surface area contributed by atoms with Crippen LogP contribution in [0.15, 0.2) is 30.3 Å². The van der Waals surface area contributed by atoms with Crippen LogP contribution in [0.1, 0.15) is 15.9 Å². The van der Waals surface area contributed by atoms with Gasteiger partial charge in [-0.2, -0.15) is 0 Å². The Morgan fingerprint density at radius 1 is 1.27 bits per heavy atom. The fraction of sp³-hybridized carbons (Fsp3) is 0.0833. The maximum atomic E-state index is 11.6. The third-order valence-electron chi connectivity index (χ3n) is 2.51. The molecule has 3 nitrogen and oxygen atoms in total. The molecule has 76 valence electrons. The van der Waals surface area contributed by atoms with E-state index in [1.807, 2.05) is 0 Å². The second-order valence-electron chi connectivity index (χ2n) is 3.40. The van der Waals surface area contributed by atoms with Crippen molar-refractivity contribution in [1.29, 1.82) is 0 Å². The number of rotatable bonds is 1. The molecule has 2 aromatic carbocycles. The van der Waals surface area contributed by atoms with Crippen molar-refractivity contribution < 1.29 is 15.0 Å². The monoisotopic (exact) mass is 201 g/mol. The van der Waals surface area contributed by atoms with E-state index < -0.39 is 5.97 Å². The highest BCUT2D eigenvalue weighted by Crippen LogP contribution is 2.28. The van der Waals surface area contributed by atoms with Crippen molar-refractivity contribution in [3.8, 4) is 5.75 Å². The second-order valence-corrected chi connectivity index (χ2v) is 3.40. The zero-order valence-electron chi connectivity index (χ0n) is 8.15. The standard InChI is InChI=1S/C12H10O3/c1-7-8-4-2-3-5-9(8)11(13)6-10(7)12(14)15/h2-6,13H,1H3,(H,14,15)/p-1. The van der Waals surface area contributed by atoms with Gasteiger partial charge in [-0.3, -0.25) is 0 Å². The Labute approximate surface area is 86.6 Å². The Morgan fingerprint density at radius 2 is 1.87 bits per heavy atom. The number of aryl methyl sites for hydroxylation is 1. The van der Waals surface area contributed by atoms with Crippen molar-refractivity contribution in [2.45, 2.75) is 6.92 Å². The zero-order valence-corrected chi connectivity index (χ0v) is 8.15. The average Bonchev–Trinajstić information content (AvgIpc) is 2.23. The number of fused-ring (bicyclic) bond motifs is 1. The predicted octanol–water partition coefficient (Wildman–Crippen LogP) is 1.92. The highest BCUT2D eigenvalue weighted by Gasteiger charge is 2.09. The minimum Gasteiger partial charge on any atom is -0.872 e. The van der Waals surface area contributed by atoms with Crippen LogP contribution in [0.3, 0.4) is 0 Å². The van der Waals surface area contributed by atoms with Gasteiger partial charge < -0.3 is 10.2 Å². The molecular weight excluding hydrogens is 192 g/mol. The van der Waals surface area contributed by atoms with Gasteiger partial charge in [0.15, 0.2) is 0 Å². The fourth-order valence-corrected chi connectivity index (χ4v) is 1.71. The van der Waals surface area contributed by atoms with Crippen molar-refractivity contribution in [2.75, 3.05) is 0 Å². The first-order valence-corrected chi connectivity index (χ1v) is 4.54. The van der Waals surface area contributed by atoms with Gasteiger partial charge in [-0.05, 0) is 23.3 Å². The van der Waals surface area contributed by atoms with E-state index in [0.29, 0.717) is 16.3 Å². The lowest BCUT2D eigenvalue weighted by Crippen LogP contribution is -2.03. The highest BCUT2D eigenvalue weighted by atomic mass is 16.4. The Morgan fingerprint density at radius 3 is 2.47 bits per heavy atom. The van der Waals surface area contributed by atoms with Gasteiger partial charge in [0.2, 0.25) is 0 Å². The maximum Gasteiger partial charge on any atom is 0.335 e. The lowest BCUT2D eigenvalue weighted by atomic mass is 9.99. The van der Waals surface area contributed by atoms with E-state index in [1.54, 1.807) is 31.2 Å². The Kier molecular flexibility index (Phi) is 2.08. The SMILES string of the molecule is Cc1c(C(=O)O)cc([O-])c2ccccc12. The number of hydrogen-bond acceptors (Lipinski definition) is 2. The van der Waals surface area contributed by atoms with Crippen LogP contribution in [0.2, 0.25) is 0 Å². The molecule has 0 fully saturated rings. The van der Waals surface area contributed by atoms with E-state index in [2.05, 4.69) is 0 Å². The molecular formula is C12H9O3-. The minimum atomic E-state index is -1.06. The van der Waals surface area contributed by atoms with E-state index in [1.165, 1.54) is 6.07 Å². The molecule has 3 heteroatoms. The van der Waals surface area contributed by atoms with Crippen molar-refractivity contribution in [2.24, 2.45) is 0 Å². The largest absolute Gasteiger partial charge is 0.872 e. The molecule has 15 heavy (non-hydrogen) atoms. The summed E-state index contributed by atoms with van der Waals surface area (Å²) >= 11 is 0. The Hall–Kier alpha value is -2.03. The molecule has 1 N–H and O–H groups in total. The minimum absolute atomic E-state index is 0.0821. The smallest absolute Gasteiger partial charge is 0.335 e. The number of carbonyl (C=O) groups is 1. The summed E-state index contributed by atoms with van der Waals surface area (Å²) in [5, 5.41) is 21.8. The summed E-state index contributed by atoms with van der Waals surface area (Å²) in [6.07, 6.45) is 0. The molecule has 0 bridgehead atoms.